The van der Waals surface area contributed by atoms with E-state index >= 15 is 0 Å². The fourth-order valence-electron chi connectivity index (χ4n) is 9.17. The molecule has 182 valence electrons. The molecule has 0 heterocycles. The molecule has 3 saturated carbocycles. The number of rotatable bonds is 7. The smallest absolute Gasteiger partial charge is 0.306 e. The summed E-state index contributed by atoms with van der Waals surface area (Å²) in [7, 11) is 0. The van der Waals surface area contributed by atoms with E-state index < -0.39 is 11.6 Å². The minimum Gasteiger partial charge on any atom is -0.481 e. The summed E-state index contributed by atoms with van der Waals surface area (Å²) < 4.78 is 0. The highest BCUT2D eigenvalue weighted by Crippen LogP contribution is 2.67. The van der Waals surface area contributed by atoms with E-state index in [-0.39, 0.29) is 11.8 Å². The molecule has 8 atom stereocenters. The number of carboxylic acids is 1. The van der Waals surface area contributed by atoms with Crippen molar-refractivity contribution in [3.05, 3.63) is 11.6 Å². The Labute approximate surface area is 196 Å². The Morgan fingerprint density at radius 2 is 1.81 bits per heavy atom. The zero-order valence-corrected chi connectivity index (χ0v) is 21.3. The second-order valence-corrected chi connectivity index (χ2v) is 13.3. The number of carbonyl (C=O) groups is 1. The van der Waals surface area contributed by atoms with Gasteiger partial charge in [-0.05, 0) is 97.7 Å². The predicted octanol–water partition coefficient (Wildman–Crippen LogP) is 7.23. The van der Waals surface area contributed by atoms with Gasteiger partial charge in [-0.25, -0.2) is 0 Å². The van der Waals surface area contributed by atoms with Crippen LogP contribution in [0, 0.1) is 46.3 Å². The number of carboxylic acid groups (broad SMARTS) is 1. The van der Waals surface area contributed by atoms with Gasteiger partial charge in [0, 0.05) is 0 Å². The maximum absolute atomic E-state index is 11.3. The molecular weight excluding hydrogens is 396 g/mol. The standard InChI is InChI=1S/C29H48O3/c1-19(2)7-6-8-20(3)23-11-12-24-22-10-9-21-17-29(32,18-26(30)31)16-15-27(21,4)25(22)13-14-28(23,24)5/h9,19-20,22-25,32H,6-8,10-18H2,1-5H3,(H,30,31)/t20-,22+,23-,24+,25+,27+,28-,29-/m1/s1. The number of aliphatic carboxylic acids is 1. The molecule has 0 aliphatic heterocycles. The normalized spacial score (nSPS) is 44.4. The lowest BCUT2D eigenvalue weighted by atomic mass is 9.46. The molecule has 32 heavy (non-hydrogen) atoms. The zero-order valence-electron chi connectivity index (χ0n) is 21.3. The molecule has 0 aromatic carbocycles. The van der Waals surface area contributed by atoms with Gasteiger partial charge in [0.25, 0.3) is 0 Å². The van der Waals surface area contributed by atoms with Crippen LogP contribution in [0.1, 0.15) is 112 Å². The van der Waals surface area contributed by atoms with Gasteiger partial charge in [0.05, 0.1) is 12.0 Å². The summed E-state index contributed by atoms with van der Waals surface area (Å²) in [6, 6.07) is 0. The molecule has 0 aromatic rings. The van der Waals surface area contributed by atoms with Gasteiger partial charge in [-0.3, -0.25) is 4.79 Å². The summed E-state index contributed by atoms with van der Waals surface area (Å²) in [5.74, 6) is 3.99. The quantitative estimate of drug-likeness (QED) is 0.407. The summed E-state index contributed by atoms with van der Waals surface area (Å²) in [6.45, 7) is 12.3. The van der Waals surface area contributed by atoms with Crippen molar-refractivity contribution in [2.24, 2.45) is 46.3 Å². The van der Waals surface area contributed by atoms with Crippen molar-refractivity contribution in [3.8, 4) is 0 Å². The molecule has 0 spiro atoms. The molecule has 0 saturated heterocycles. The van der Waals surface area contributed by atoms with E-state index in [1.54, 1.807) is 0 Å². The molecule has 4 aliphatic carbocycles. The fraction of sp³-hybridized carbons (Fsp3) is 0.897. The Kier molecular flexibility index (Phi) is 6.64. The first-order chi connectivity index (χ1) is 15.0. The van der Waals surface area contributed by atoms with E-state index in [0.29, 0.717) is 24.2 Å². The van der Waals surface area contributed by atoms with E-state index in [0.717, 1.165) is 42.4 Å². The molecule has 3 heteroatoms. The van der Waals surface area contributed by atoms with Gasteiger partial charge in [-0.2, -0.15) is 0 Å². The molecule has 0 bridgehead atoms. The van der Waals surface area contributed by atoms with Crippen LogP contribution in [-0.2, 0) is 4.79 Å². The Morgan fingerprint density at radius 3 is 2.50 bits per heavy atom. The molecule has 0 aromatic heterocycles. The number of hydrogen-bond acceptors (Lipinski definition) is 2. The third kappa shape index (κ3) is 4.21. The van der Waals surface area contributed by atoms with Gasteiger partial charge >= 0.3 is 5.97 Å². The van der Waals surface area contributed by atoms with Crippen molar-refractivity contribution < 1.29 is 15.0 Å². The first-order valence-corrected chi connectivity index (χ1v) is 13.6. The average molecular weight is 445 g/mol. The Morgan fingerprint density at radius 1 is 1.06 bits per heavy atom. The van der Waals surface area contributed by atoms with Crippen LogP contribution >= 0.6 is 0 Å². The summed E-state index contributed by atoms with van der Waals surface area (Å²) in [5, 5.41) is 20.2. The molecular formula is C29H48O3. The fourth-order valence-corrected chi connectivity index (χ4v) is 9.17. The van der Waals surface area contributed by atoms with E-state index in [9.17, 15) is 15.0 Å². The number of aliphatic hydroxyl groups is 1. The Bertz CT molecular complexity index is 741. The van der Waals surface area contributed by atoms with Crippen LogP contribution < -0.4 is 0 Å². The summed E-state index contributed by atoms with van der Waals surface area (Å²) in [4.78, 5) is 11.3. The maximum atomic E-state index is 11.3. The first-order valence-electron chi connectivity index (χ1n) is 13.6. The van der Waals surface area contributed by atoms with Crippen molar-refractivity contribution in [2.75, 3.05) is 0 Å². The highest BCUT2D eigenvalue weighted by Gasteiger charge is 2.60. The lowest BCUT2D eigenvalue weighted by Gasteiger charge is -2.59. The Balaban J connectivity index is 1.49. The zero-order chi connectivity index (χ0) is 23.3. The number of hydrogen-bond donors (Lipinski definition) is 2. The second-order valence-electron chi connectivity index (χ2n) is 13.3. The summed E-state index contributed by atoms with van der Waals surface area (Å²) in [5.41, 5.74) is 0.986. The van der Waals surface area contributed by atoms with Crippen LogP contribution in [0.5, 0.6) is 0 Å². The lowest BCUT2D eigenvalue weighted by Crippen LogP contribution is -2.52. The SMILES string of the molecule is CC(C)CCC[C@@H](C)[C@H]1CC[C@H]2[C@@H]3CC=C4C[C@@](O)(CC(=O)O)CC[C@]4(C)[C@H]3CC[C@]12C. The van der Waals surface area contributed by atoms with Crippen molar-refractivity contribution in [2.45, 2.75) is 117 Å². The van der Waals surface area contributed by atoms with Crippen LogP contribution in [0.15, 0.2) is 11.6 Å². The lowest BCUT2D eigenvalue weighted by molar-refractivity contribution is -0.145. The van der Waals surface area contributed by atoms with Crippen molar-refractivity contribution in [1.82, 2.24) is 0 Å². The molecule has 2 N–H and O–H groups in total. The molecule has 0 unspecified atom stereocenters. The average Bonchev–Trinajstić information content (AvgIpc) is 3.05. The first kappa shape index (κ1) is 24.3. The van der Waals surface area contributed by atoms with E-state index in [2.05, 4.69) is 40.7 Å². The van der Waals surface area contributed by atoms with Crippen LogP contribution in [0.2, 0.25) is 0 Å². The molecule has 4 rings (SSSR count). The van der Waals surface area contributed by atoms with Crippen molar-refractivity contribution in [3.63, 3.8) is 0 Å². The summed E-state index contributed by atoms with van der Waals surface area (Å²) >= 11 is 0. The highest BCUT2D eigenvalue weighted by atomic mass is 16.4. The van der Waals surface area contributed by atoms with Gasteiger partial charge in [0.1, 0.15) is 0 Å². The molecule has 3 nitrogen and oxygen atoms in total. The molecule has 0 amide bonds. The van der Waals surface area contributed by atoms with Gasteiger partial charge in [-0.1, -0.05) is 65.5 Å². The minimum atomic E-state index is -1.04. The molecule has 3 fully saturated rings. The van der Waals surface area contributed by atoms with Crippen LogP contribution in [0.4, 0.5) is 0 Å². The van der Waals surface area contributed by atoms with Gasteiger partial charge in [0.2, 0.25) is 0 Å². The summed E-state index contributed by atoms with van der Waals surface area (Å²) in [6.07, 6.45) is 15.2. The van der Waals surface area contributed by atoms with Crippen molar-refractivity contribution in [1.29, 1.82) is 0 Å². The van der Waals surface area contributed by atoms with Gasteiger partial charge in [0.15, 0.2) is 0 Å². The van der Waals surface area contributed by atoms with E-state index in [1.165, 1.54) is 50.5 Å². The Hall–Kier alpha value is -0.830. The van der Waals surface area contributed by atoms with Crippen molar-refractivity contribution >= 4 is 5.97 Å². The van der Waals surface area contributed by atoms with Crippen LogP contribution in [0.25, 0.3) is 0 Å². The number of fused-ring (bicyclic) bond motifs is 5. The third-order valence-electron chi connectivity index (χ3n) is 10.9. The number of allylic oxidation sites excluding steroid dienone is 1. The third-order valence-corrected chi connectivity index (χ3v) is 10.9. The monoisotopic (exact) mass is 444 g/mol. The van der Waals surface area contributed by atoms with E-state index in [4.69, 9.17) is 0 Å². The minimum absolute atomic E-state index is 0.119. The predicted molar refractivity (Wildman–Crippen MR) is 130 cm³/mol. The second kappa shape index (κ2) is 8.75. The van der Waals surface area contributed by atoms with Crippen LogP contribution in [-0.4, -0.2) is 21.8 Å². The highest BCUT2D eigenvalue weighted by molar-refractivity contribution is 5.68. The maximum Gasteiger partial charge on any atom is 0.306 e. The molecule has 0 radical (unpaired) electrons. The largest absolute Gasteiger partial charge is 0.481 e. The molecule has 4 aliphatic rings. The van der Waals surface area contributed by atoms with E-state index in [1.807, 2.05) is 0 Å². The van der Waals surface area contributed by atoms with Gasteiger partial charge < -0.3 is 10.2 Å². The van der Waals surface area contributed by atoms with Gasteiger partial charge in [-0.15, -0.1) is 0 Å². The topological polar surface area (TPSA) is 57.5 Å². The van der Waals surface area contributed by atoms with Crippen LogP contribution in [0.3, 0.4) is 0 Å².